The third-order valence-electron chi connectivity index (χ3n) is 5.37. The van der Waals surface area contributed by atoms with Crippen molar-refractivity contribution >= 4 is 33.5 Å². The van der Waals surface area contributed by atoms with E-state index in [-0.39, 0.29) is 11.7 Å². The number of esters is 1. The summed E-state index contributed by atoms with van der Waals surface area (Å²) in [7, 11) is 0. The molecule has 4 rings (SSSR count). The number of fused-ring (bicyclic) bond motifs is 1. The van der Waals surface area contributed by atoms with Crippen molar-refractivity contribution < 1.29 is 19.4 Å². The zero-order chi connectivity index (χ0) is 25.2. The quantitative estimate of drug-likeness (QED) is 0.219. The maximum atomic E-state index is 12.0. The van der Waals surface area contributed by atoms with Gasteiger partial charge in [0, 0.05) is 16.2 Å². The second-order valence-electron chi connectivity index (χ2n) is 9.72. The van der Waals surface area contributed by atoms with Crippen LogP contribution in [0.1, 0.15) is 51.7 Å². The molecule has 0 aliphatic heterocycles. The van der Waals surface area contributed by atoms with Crippen molar-refractivity contribution in [2.75, 3.05) is 0 Å². The van der Waals surface area contributed by atoms with Crippen LogP contribution in [0.2, 0.25) is 0 Å². The number of carbonyl (C=O) groups excluding carboxylic acids is 1. The van der Waals surface area contributed by atoms with Crippen LogP contribution in [0.3, 0.4) is 0 Å². The van der Waals surface area contributed by atoms with Crippen molar-refractivity contribution in [1.29, 1.82) is 0 Å². The minimum atomic E-state index is -0.523. The van der Waals surface area contributed by atoms with E-state index in [2.05, 4.69) is 32.0 Å². The molecule has 1 aromatic heterocycles. The number of rotatable bonds is 6. The Morgan fingerprint density at radius 2 is 1.71 bits per heavy atom. The second-order valence-corrected chi connectivity index (χ2v) is 10.8. The van der Waals surface area contributed by atoms with E-state index in [4.69, 9.17) is 9.47 Å². The average Bonchev–Trinajstić information content (AvgIpc) is 3.14. The topological polar surface area (TPSA) is 55.8 Å². The Kier molecular flexibility index (Phi) is 6.99. The Bertz CT molecular complexity index is 1370. The van der Waals surface area contributed by atoms with Crippen LogP contribution in [-0.2, 0) is 9.53 Å². The van der Waals surface area contributed by atoms with Crippen LogP contribution in [-0.4, -0.2) is 16.7 Å². The zero-order valence-electron chi connectivity index (χ0n) is 20.7. The van der Waals surface area contributed by atoms with Gasteiger partial charge in [-0.1, -0.05) is 50.2 Å². The fourth-order valence-corrected chi connectivity index (χ4v) is 5.02. The van der Waals surface area contributed by atoms with Gasteiger partial charge in [-0.3, -0.25) is 0 Å². The van der Waals surface area contributed by atoms with E-state index in [9.17, 15) is 9.90 Å². The molecular formula is C30H30O4S. The van der Waals surface area contributed by atoms with Gasteiger partial charge in [0.2, 0.25) is 0 Å². The minimum absolute atomic E-state index is 0.232. The third kappa shape index (κ3) is 5.92. The highest BCUT2D eigenvalue weighted by molar-refractivity contribution is 7.22. The van der Waals surface area contributed by atoms with E-state index in [0.29, 0.717) is 11.7 Å². The number of hydrogen-bond acceptors (Lipinski definition) is 5. The Hall–Kier alpha value is -3.57. The van der Waals surface area contributed by atoms with Crippen molar-refractivity contribution in [1.82, 2.24) is 0 Å². The van der Waals surface area contributed by atoms with E-state index < -0.39 is 5.60 Å². The number of aromatic hydroxyl groups is 1. The van der Waals surface area contributed by atoms with Crippen LogP contribution < -0.4 is 4.74 Å². The maximum absolute atomic E-state index is 12.0. The molecule has 180 valence electrons. The molecule has 0 spiro atoms. The highest BCUT2D eigenvalue weighted by atomic mass is 32.1. The van der Waals surface area contributed by atoms with E-state index in [1.807, 2.05) is 57.2 Å². The highest BCUT2D eigenvalue weighted by Gasteiger charge is 2.20. The van der Waals surface area contributed by atoms with Gasteiger partial charge in [0.05, 0.1) is 4.88 Å². The van der Waals surface area contributed by atoms with Gasteiger partial charge in [-0.15, -0.1) is 11.3 Å². The lowest BCUT2D eigenvalue weighted by atomic mass is 9.96. The van der Waals surface area contributed by atoms with Crippen LogP contribution in [0.5, 0.6) is 17.2 Å². The first-order valence-electron chi connectivity index (χ1n) is 11.6. The Labute approximate surface area is 210 Å². The van der Waals surface area contributed by atoms with E-state index in [1.54, 1.807) is 29.5 Å². The molecule has 5 heteroatoms. The first-order chi connectivity index (χ1) is 16.6. The first-order valence-corrected chi connectivity index (χ1v) is 12.5. The van der Waals surface area contributed by atoms with Crippen molar-refractivity contribution in [3.63, 3.8) is 0 Å². The van der Waals surface area contributed by atoms with Crippen LogP contribution in [0.4, 0.5) is 0 Å². The summed E-state index contributed by atoms with van der Waals surface area (Å²) in [5, 5.41) is 11.0. The van der Waals surface area contributed by atoms with Gasteiger partial charge in [-0.05, 0) is 79.8 Å². The molecule has 0 saturated carbocycles. The van der Waals surface area contributed by atoms with Crippen molar-refractivity contribution in [2.24, 2.45) is 0 Å². The normalized spacial score (nSPS) is 11.9. The number of thiophene rings is 1. The van der Waals surface area contributed by atoms with Crippen LogP contribution in [0, 0.1) is 0 Å². The van der Waals surface area contributed by atoms with Gasteiger partial charge in [-0.25, -0.2) is 4.79 Å². The molecule has 4 nitrogen and oxygen atoms in total. The standard InChI is InChI=1S/C30H30O4S/c1-19(2)23-8-6-7-9-24(23)29-28(25-16-13-21(31)18-26(25)35-29)33-22-14-10-20(11-15-22)12-17-27(32)34-30(3,4)5/h6-19,31H,1-5H3. The number of phenols is 1. The number of benzene rings is 3. The van der Waals surface area contributed by atoms with Crippen LogP contribution in [0.15, 0.2) is 72.8 Å². The minimum Gasteiger partial charge on any atom is -0.508 e. The molecule has 0 radical (unpaired) electrons. The summed E-state index contributed by atoms with van der Waals surface area (Å²) in [5.74, 6) is 1.67. The third-order valence-corrected chi connectivity index (χ3v) is 6.54. The second kappa shape index (κ2) is 9.96. The number of ether oxygens (including phenoxy) is 2. The van der Waals surface area contributed by atoms with Crippen LogP contribution >= 0.6 is 11.3 Å². The summed E-state index contributed by atoms with van der Waals surface area (Å²) < 4.78 is 12.7. The lowest BCUT2D eigenvalue weighted by molar-refractivity contribution is -0.148. The molecule has 0 unspecified atom stereocenters. The molecule has 0 aliphatic carbocycles. The molecule has 0 saturated heterocycles. The van der Waals surface area contributed by atoms with Gasteiger partial charge in [0.1, 0.15) is 17.1 Å². The van der Waals surface area contributed by atoms with Crippen molar-refractivity contribution in [3.05, 3.63) is 83.9 Å². The lowest BCUT2D eigenvalue weighted by Crippen LogP contribution is -2.22. The predicted molar refractivity (Wildman–Crippen MR) is 144 cm³/mol. The Balaban J connectivity index is 1.67. The molecule has 1 N–H and O–H groups in total. The summed E-state index contributed by atoms with van der Waals surface area (Å²) in [5.41, 5.74) is 2.73. The van der Waals surface area contributed by atoms with E-state index >= 15 is 0 Å². The summed E-state index contributed by atoms with van der Waals surface area (Å²) in [4.78, 5) is 13.0. The number of hydrogen-bond donors (Lipinski definition) is 1. The average molecular weight is 487 g/mol. The molecule has 0 aliphatic rings. The summed E-state index contributed by atoms with van der Waals surface area (Å²) in [6, 6.07) is 21.3. The number of phenolic OH excluding ortho intramolecular Hbond substituents is 1. The van der Waals surface area contributed by atoms with Crippen molar-refractivity contribution in [2.45, 2.75) is 46.1 Å². The molecular weight excluding hydrogens is 456 g/mol. The molecule has 0 amide bonds. The van der Waals surface area contributed by atoms with Gasteiger partial charge < -0.3 is 14.6 Å². The zero-order valence-corrected chi connectivity index (χ0v) is 21.5. The first kappa shape index (κ1) is 24.6. The highest BCUT2D eigenvalue weighted by Crippen LogP contribution is 2.48. The smallest absolute Gasteiger partial charge is 0.331 e. The number of carbonyl (C=O) groups is 1. The summed E-state index contributed by atoms with van der Waals surface area (Å²) >= 11 is 1.61. The monoisotopic (exact) mass is 486 g/mol. The van der Waals surface area contributed by atoms with Gasteiger partial charge in [-0.2, -0.15) is 0 Å². The SMILES string of the molecule is CC(C)c1ccccc1-c1sc2cc(O)ccc2c1Oc1ccc(C=CC(=O)OC(C)(C)C)cc1. The fourth-order valence-electron chi connectivity index (χ4n) is 3.81. The summed E-state index contributed by atoms with van der Waals surface area (Å²) in [6.45, 7) is 9.89. The molecule has 1 heterocycles. The molecule has 4 aromatic rings. The molecule has 0 fully saturated rings. The molecule has 35 heavy (non-hydrogen) atoms. The summed E-state index contributed by atoms with van der Waals surface area (Å²) in [6.07, 6.45) is 3.16. The molecule has 3 aromatic carbocycles. The Morgan fingerprint density at radius 3 is 2.40 bits per heavy atom. The van der Waals surface area contributed by atoms with Gasteiger partial charge in [0.25, 0.3) is 0 Å². The molecule has 0 bridgehead atoms. The maximum Gasteiger partial charge on any atom is 0.331 e. The predicted octanol–water partition coefficient (Wildman–Crippen LogP) is 8.54. The van der Waals surface area contributed by atoms with Crippen LogP contribution in [0.25, 0.3) is 26.6 Å². The Morgan fingerprint density at radius 1 is 1.00 bits per heavy atom. The van der Waals surface area contributed by atoms with Gasteiger partial charge >= 0.3 is 5.97 Å². The molecule has 0 atom stereocenters. The fraction of sp³-hybridized carbons (Fsp3) is 0.233. The van der Waals surface area contributed by atoms with E-state index in [1.165, 1.54) is 11.6 Å². The van der Waals surface area contributed by atoms with Gasteiger partial charge in [0.15, 0.2) is 5.75 Å². The largest absolute Gasteiger partial charge is 0.508 e. The lowest BCUT2D eigenvalue weighted by Gasteiger charge is -2.17. The van der Waals surface area contributed by atoms with Crippen molar-refractivity contribution in [3.8, 4) is 27.7 Å². The van der Waals surface area contributed by atoms with E-state index in [0.717, 1.165) is 31.8 Å².